The van der Waals surface area contributed by atoms with E-state index >= 15 is 0 Å². The van der Waals surface area contributed by atoms with Gasteiger partial charge in [0.05, 0.1) is 0 Å². The zero-order valence-corrected chi connectivity index (χ0v) is 5.75. The van der Waals surface area contributed by atoms with Gasteiger partial charge in [-0.25, -0.2) is 0 Å². The van der Waals surface area contributed by atoms with Gasteiger partial charge in [0.1, 0.15) is 0 Å². The molecule has 3 aliphatic rings. The van der Waals surface area contributed by atoms with Gasteiger partial charge >= 0.3 is 0 Å². The number of likely N-dealkylation sites (tertiary alicyclic amines) is 1. The Kier molecular flexibility index (Phi) is 0.616. The van der Waals surface area contributed by atoms with E-state index in [1.807, 2.05) is 0 Å². The average Bonchev–Trinajstić information content (AvgIpc) is 2.20. The first-order valence-corrected chi connectivity index (χ1v) is 3.82. The van der Waals surface area contributed by atoms with Gasteiger partial charge in [0.2, 0.25) is 0 Å². The Morgan fingerprint density at radius 3 is 2.44 bits per heavy atom. The van der Waals surface area contributed by atoms with Crippen molar-refractivity contribution < 1.29 is 0 Å². The van der Waals surface area contributed by atoms with Crippen molar-refractivity contribution in [1.82, 2.24) is 9.80 Å². The van der Waals surface area contributed by atoms with E-state index in [1.165, 1.54) is 19.5 Å². The molecule has 0 amide bonds. The molecule has 3 unspecified atom stereocenters. The second-order valence-electron chi connectivity index (χ2n) is 3.64. The first kappa shape index (κ1) is 4.69. The second kappa shape index (κ2) is 1.18. The summed E-state index contributed by atoms with van der Waals surface area (Å²) in [6.45, 7) is 2.72. The zero-order valence-electron chi connectivity index (χ0n) is 5.75. The van der Waals surface area contributed by atoms with Crippen LogP contribution in [0.15, 0.2) is 0 Å². The maximum absolute atomic E-state index is 2.62. The van der Waals surface area contributed by atoms with Crippen LogP contribution in [0.2, 0.25) is 0 Å². The fourth-order valence-corrected chi connectivity index (χ4v) is 2.71. The van der Waals surface area contributed by atoms with Crippen LogP contribution in [-0.4, -0.2) is 48.1 Å². The van der Waals surface area contributed by atoms with Gasteiger partial charge < -0.3 is 0 Å². The predicted octanol–water partition coefficient (Wildman–Crippen LogP) is -0.243. The third-order valence-electron chi connectivity index (χ3n) is 3.39. The summed E-state index contributed by atoms with van der Waals surface area (Å²) < 4.78 is 0. The number of nitrogens with zero attached hydrogens (tertiary/aromatic N) is 2. The summed E-state index contributed by atoms with van der Waals surface area (Å²) in [7, 11) is 2.28. The SMILES string of the molecule is CN1C2CC3C1CN3C2. The molecule has 0 aliphatic carbocycles. The molecule has 2 nitrogen and oxygen atoms in total. The molecule has 3 rings (SSSR count). The number of rotatable bonds is 0. The zero-order chi connectivity index (χ0) is 6.01. The molecule has 0 aromatic heterocycles. The first-order valence-electron chi connectivity index (χ1n) is 3.82. The van der Waals surface area contributed by atoms with Crippen molar-refractivity contribution in [1.29, 1.82) is 0 Å². The summed E-state index contributed by atoms with van der Waals surface area (Å²) in [5.41, 5.74) is 0. The molecule has 2 bridgehead atoms. The van der Waals surface area contributed by atoms with Crippen molar-refractivity contribution >= 4 is 0 Å². The topological polar surface area (TPSA) is 6.48 Å². The second-order valence-corrected chi connectivity index (χ2v) is 3.64. The summed E-state index contributed by atoms with van der Waals surface area (Å²) in [5, 5.41) is 0. The molecule has 3 fully saturated rings. The minimum atomic E-state index is 0.925. The van der Waals surface area contributed by atoms with Gasteiger partial charge in [0.25, 0.3) is 0 Å². The van der Waals surface area contributed by atoms with E-state index in [0.717, 1.165) is 18.1 Å². The third kappa shape index (κ3) is 0.356. The van der Waals surface area contributed by atoms with Crippen molar-refractivity contribution in [3.63, 3.8) is 0 Å². The highest BCUT2D eigenvalue weighted by Gasteiger charge is 2.56. The molecule has 0 aromatic carbocycles. The molecule has 0 aromatic rings. The fourth-order valence-electron chi connectivity index (χ4n) is 2.71. The van der Waals surface area contributed by atoms with Gasteiger partial charge in [0, 0.05) is 31.2 Å². The van der Waals surface area contributed by atoms with Gasteiger partial charge in [-0.3, -0.25) is 9.80 Å². The van der Waals surface area contributed by atoms with Crippen LogP contribution >= 0.6 is 0 Å². The monoisotopic (exact) mass is 124 g/mol. The van der Waals surface area contributed by atoms with Gasteiger partial charge in [-0.2, -0.15) is 0 Å². The fraction of sp³-hybridized carbons (Fsp3) is 1.00. The van der Waals surface area contributed by atoms with Crippen LogP contribution in [0.25, 0.3) is 0 Å². The van der Waals surface area contributed by atoms with Crippen LogP contribution < -0.4 is 0 Å². The highest BCUT2D eigenvalue weighted by molar-refractivity contribution is 5.13. The summed E-state index contributed by atoms with van der Waals surface area (Å²) in [6.07, 6.45) is 1.46. The van der Waals surface area contributed by atoms with Gasteiger partial charge in [-0.05, 0) is 13.5 Å². The smallest absolute Gasteiger partial charge is 0.0380 e. The Bertz CT molecular complexity index is 146. The van der Waals surface area contributed by atoms with E-state index in [-0.39, 0.29) is 0 Å². The standard InChI is InChI=1S/C7H12N2/c1-8-5-2-6-7(8)4-9(6)3-5/h5-7H,2-4H2,1H3. The third-order valence-corrected chi connectivity index (χ3v) is 3.39. The Balaban J connectivity index is 2.00. The van der Waals surface area contributed by atoms with Crippen LogP contribution in [0.5, 0.6) is 0 Å². The van der Waals surface area contributed by atoms with Crippen molar-refractivity contribution in [3.05, 3.63) is 0 Å². The van der Waals surface area contributed by atoms with Crippen molar-refractivity contribution in [2.45, 2.75) is 24.5 Å². The minimum Gasteiger partial charge on any atom is -0.296 e. The predicted molar refractivity (Wildman–Crippen MR) is 35.3 cm³/mol. The van der Waals surface area contributed by atoms with Crippen LogP contribution in [0, 0.1) is 0 Å². The molecule has 3 atom stereocenters. The molecule has 3 saturated heterocycles. The molecule has 2 heteroatoms. The van der Waals surface area contributed by atoms with Crippen LogP contribution in [0.1, 0.15) is 6.42 Å². The normalized spacial score (nSPS) is 56.3. The summed E-state index contributed by atoms with van der Waals surface area (Å²) in [6, 6.07) is 2.84. The van der Waals surface area contributed by atoms with E-state index in [4.69, 9.17) is 0 Å². The lowest BCUT2D eigenvalue weighted by molar-refractivity contribution is -0.0162. The van der Waals surface area contributed by atoms with E-state index < -0.39 is 0 Å². The molecule has 0 spiro atoms. The van der Waals surface area contributed by atoms with Gasteiger partial charge in [-0.15, -0.1) is 0 Å². The number of hydrogen-bond acceptors (Lipinski definition) is 2. The molecule has 3 aliphatic heterocycles. The van der Waals surface area contributed by atoms with E-state index in [9.17, 15) is 0 Å². The molecular formula is C7H12N2. The molecule has 0 radical (unpaired) electrons. The summed E-state index contributed by atoms with van der Waals surface area (Å²) in [5.74, 6) is 0. The van der Waals surface area contributed by atoms with Gasteiger partial charge in [0.15, 0.2) is 0 Å². The Morgan fingerprint density at radius 1 is 1.22 bits per heavy atom. The highest BCUT2D eigenvalue weighted by Crippen LogP contribution is 2.42. The van der Waals surface area contributed by atoms with E-state index in [2.05, 4.69) is 16.8 Å². The molecule has 3 heterocycles. The quantitative estimate of drug-likeness (QED) is 0.439. The Hall–Kier alpha value is -0.0800. The maximum Gasteiger partial charge on any atom is 0.0380 e. The number of piperazine rings is 2. The van der Waals surface area contributed by atoms with Crippen molar-refractivity contribution in [2.75, 3.05) is 20.1 Å². The Morgan fingerprint density at radius 2 is 2.11 bits per heavy atom. The van der Waals surface area contributed by atoms with E-state index in [1.54, 1.807) is 0 Å². The molecule has 0 saturated carbocycles. The van der Waals surface area contributed by atoms with Crippen LogP contribution in [0.3, 0.4) is 0 Å². The largest absolute Gasteiger partial charge is 0.296 e. The first-order chi connectivity index (χ1) is 4.36. The number of likely N-dealkylation sites (N-methyl/N-ethyl adjacent to an activating group) is 1. The van der Waals surface area contributed by atoms with Crippen molar-refractivity contribution in [2.24, 2.45) is 0 Å². The molecule has 9 heavy (non-hydrogen) atoms. The molecule has 50 valence electrons. The maximum atomic E-state index is 2.62. The minimum absolute atomic E-state index is 0.925. The van der Waals surface area contributed by atoms with Crippen LogP contribution in [-0.2, 0) is 0 Å². The van der Waals surface area contributed by atoms with Crippen molar-refractivity contribution in [3.8, 4) is 0 Å². The lowest BCUT2D eigenvalue weighted by Crippen LogP contribution is -2.65. The summed E-state index contributed by atoms with van der Waals surface area (Å²) >= 11 is 0. The number of hydrogen-bond donors (Lipinski definition) is 0. The Labute approximate surface area is 55.4 Å². The molecule has 0 N–H and O–H groups in total. The summed E-state index contributed by atoms with van der Waals surface area (Å²) in [4.78, 5) is 5.19. The molecular weight excluding hydrogens is 112 g/mol. The van der Waals surface area contributed by atoms with Crippen LogP contribution in [0.4, 0.5) is 0 Å². The van der Waals surface area contributed by atoms with Gasteiger partial charge in [-0.1, -0.05) is 0 Å². The number of fused-ring (bicyclic) bond motifs is 1. The average molecular weight is 124 g/mol. The van der Waals surface area contributed by atoms with E-state index in [0.29, 0.717) is 0 Å². The highest BCUT2D eigenvalue weighted by atomic mass is 15.4. The lowest BCUT2D eigenvalue weighted by Gasteiger charge is -2.50. The lowest BCUT2D eigenvalue weighted by atomic mass is 10.00.